The van der Waals surface area contributed by atoms with Crippen molar-refractivity contribution in [3.63, 3.8) is 0 Å². The second kappa shape index (κ2) is 6.00. The molecule has 2 aromatic rings. The van der Waals surface area contributed by atoms with Gasteiger partial charge < -0.3 is 9.84 Å². The number of carboxylic acids is 1. The number of hydrogen-bond acceptors (Lipinski definition) is 2. The predicted octanol–water partition coefficient (Wildman–Crippen LogP) is 4.92. The van der Waals surface area contributed by atoms with Crippen molar-refractivity contribution < 1.29 is 14.6 Å². The Morgan fingerprint density at radius 1 is 1.00 bits per heavy atom. The molecule has 0 unspecified atom stereocenters. The summed E-state index contributed by atoms with van der Waals surface area (Å²) in [6, 6.07) is 11.1. The van der Waals surface area contributed by atoms with Crippen LogP contribution in [0.5, 0.6) is 11.5 Å². The summed E-state index contributed by atoms with van der Waals surface area (Å²) in [7, 11) is 0. The van der Waals surface area contributed by atoms with Crippen LogP contribution in [0.2, 0.25) is 0 Å². The molecule has 110 valence electrons. The SMILES string of the molecule is Cc1cc(C(=O)O)ccc1Oc1cc(C(C)C)ccc1C. The monoisotopic (exact) mass is 284 g/mol. The van der Waals surface area contributed by atoms with Gasteiger partial charge in [-0.25, -0.2) is 4.79 Å². The summed E-state index contributed by atoms with van der Waals surface area (Å²) < 4.78 is 5.97. The highest BCUT2D eigenvalue weighted by Crippen LogP contribution is 2.30. The zero-order valence-corrected chi connectivity index (χ0v) is 12.8. The first-order chi connectivity index (χ1) is 9.88. The molecular formula is C18H20O3. The Balaban J connectivity index is 2.34. The van der Waals surface area contributed by atoms with Crippen molar-refractivity contribution >= 4 is 5.97 Å². The molecule has 0 radical (unpaired) electrons. The van der Waals surface area contributed by atoms with Gasteiger partial charge in [0.05, 0.1) is 5.56 Å². The molecule has 0 bridgehead atoms. The molecule has 1 N–H and O–H groups in total. The van der Waals surface area contributed by atoms with Gasteiger partial charge in [-0.2, -0.15) is 0 Å². The molecule has 0 aliphatic rings. The lowest BCUT2D eigenvalue weighted by Gasteiger charge is -2.14. The normalized spacial score (nSPS) is 10.7. The van der Waals surface area contributed by atoms with Gasteiger partial charge in [0.25, 0.3) is 0 Å². The zero-order valence-electron chi connectivity index (χ0n) is 12.8. The fourth-order valence-electron chi connectivity index (χ4n) is 2.10. The second-order valence-electron chi connectivity index (χ2n) is 5.57. The van der Waals surface area contributed by atoms with Gasteiger partial charge in [0.2, 0.25) is 0 Å². The molecule has 2 aromatic carbocycles. The Labute approximate surface area is 125 Å². The minimum atomic E-state index is -0.928. The van der Waals surface area contributed by atoms with Crippen LogP contribution in [-0.4, -0.2) is 11.1 Å². The molecular weight excluding hydrogens is 264 g/mol. The Morgan fingerprint density at radius 3 is 2.29 bits per heavy atom. The van der Waals surface area contributed by atoms with Crippen LogP contribution in [0.15, 0.2) is 36.4 Å². The number of carbonyl (C=O) groups is 1. The molecule has 0 amide bonds. The molecule has 3 heteroatoms. The number of benzene rings is 2. The highest BCUT2D eigenvalue weighted by molar-refractivity contribution is 5.88. The fraction of sp³-hybridized carbons (Fsp3) is 0.278. The van der Waals surface area contributed by atoms with E-state index in [9.17, 15) is 4.79 Å². The van der Waals surface area contributed by atoms with Gasteiger partial charge in [0.15, 0.2) is 0 Å². The van der Waals surface area contributed by atoms with Gasteiger partial charge in [0.1, 0.15) is 11.5 Å². The maximum Gasteiger partial charge on any atom is 0.335 e. The maximum absolute atomic E-state index is 11.0. The summed E-state index contributed by atoms with van der Waals surface area (Å²) in [4.78, 5) is 11.0. The van der Waals surface area contributed by atoms with Crippen molar-refractivity contribution in [3.8, 4) is 11.5 Å². The molecule has 0 saturated carbocycles. The Hall–Kier alpha value is -2.29. The highest BCUT2D eigenvalue weighted by atomic mass is 16.5. The maximum atomic E-state index is 11.0. The number of ether oxygens (including phenoxy) is 1. The van der Waals surface area contributed by atoms with Crippen LogP contribution in [0.3, 0.4) is 0 Å². The molecule has 0 saturated heterocycles. The van der Waals surface area contributed by atoms with E-state index in [0.717, 1.165) is 16.9 Å². The molecule has 0 aliphatic heterocycles. The van der Waals surface area contributed by atoms with Crippen LogP contribution in [0.25, 0.3) is 0 Å². The van der Waals surface area contributed by atoms with E-state index >= 15 is 0 Å². The fourth-order valence-corrected chi connectivity index (χ4v) is 2.10. The lowest BCUT2D eigenvalue weighted by atomic mass is 10.0. The van der Waals surface area contributed by atoms with E-state index in [1.54, 1.807) is 18.2 Å². The average Bonchev–Trinajstić information content (AvgIpc) is 2.42. The minimum Gasteiger partial charge on any atom is -0.478 e. The van der Waals surface area contributed by atoms with Crippen molar-refractivity contribution in [1.82, 2.24) is 0 Å². The number of aryl methyl sites for hydroxylation is 2. The van der Waals surface area contributed by atoms with Crippen LogP contribution in [-0.2, 0) is 0 Å². The standard InChI is InChI=1S/C18H20O3/c1-11(2)14-6-5-12(3)17(10-14)21-16-8-7-15(18(19)20)9-13(16)4/h5-11H,1-4H3,(H,19,20). The van der Waals surface area contributed by atoms with Gasteiger partial charge >= 0.3 is 5.97 Å². The Kier molecular flexibility index (Phi) is 4.32. The highest BCUT2D eigenvalue weighted by Gasteiger charge is 2.10. The van der Waals surface area contributed by atoms with Crippen LogP contribution in [0.4, 0.5) is 0 Å². The van der Waals surface area contributed by atoms with Crippen molar-refractivity contribution in [2.24, 2.45) is 0 Å². The van der Waals surface area contributed by atoms with Gasteiger partial charge in [-0.3, -0.25) is 0 Å². The van der Waals surface area contributed by atoms with Crippen molar-refractivity contribution in [3.05, 3.63) is 58.7 Å². The third-order valence-corrected chi connectivity index (χ3v) is 3.52. The molecule has 3 nitrogen and oxygen atoms in total. The van der Waals surface area contributed by atoms with Crippen LogP contribution < -0.4 is 4.74 Å². The largest absolute Gasteiger partial charge is 0.478 e. The molecule has 0 atom stereocenters. The van der Waals surface area contributed by atoms with Gasteiger partial charge in [-0.15, -0.1) is 0 Å². The predicted molar refractivity (Wildman–Crippen MR) is 83.5 cm³/mol. The lowest BCUT2D eigenvalue weighted by molar-refractivity contribution is 0.0697. The minimum absolute atomic E-state index is 0.271. The number of rotatable bonds is 4. The molecule has 0 aromatic heterocycles. The van der Waals surface area contributed by atoms with E-state index < -0.39 is 5.97 Å². The quantitative estimate of drug-likeness (QED) is 0.867. The van der Waals surface area contributed by atoms with Gasteiger partial charge in [0, 0.05) is 0 Å². The van der Waals surface area contributed by atoms with Crippen molar-refractivity contribution in [2.75, 3.05) is 0 Å². The average molecular weight is 284 g/mol. The van der Waals surface area contributed by atoms with E-state index in [2.05, 4.69) is 19.9 Å². The molecule has 21 heavy (non-hydrogen) atoms. The molecule has 0 heterocycles. The molecule has 0 aliphatic carbocycles. The van der Waals surface area contributed by atoms with Crippen LogP contribution in [0.1, 0.15) is 46.8 Å². The first-order valence-electron chi connectivity index (χ1n) is 7.01. The van der Waals surface area contributed by atoms with Crippen molar-refractivity contribution in [1.29, 1.82) is 0 Å². The van der Waals surface area contributed by atoms with Gasteiger partial charge in [-0.05, 0) is 60.7 Å². The van der Waals surface area contributed by atoms with Crippen LogP contribution in [0, 0.1) is 13.8 Å². The molecule has 2 rings (SSSR count). The van der Waals surface area contributed by atoms with E-state index in [-0.39, 0.29) is 5.56 Å². The molecule has 0 fully saturated rings. The summed E-state index contributed by atoms with van der Waals surface area (Å²) in [6.07, 6.45) is 0. The smallest absolute Gasteiger partial charge is 0.335 e. The number of carboxylic acid groups (broad SMARTS) is 1. The van der Waals surface area contributed by atoms with E-state index in [4.69, 9.17) is 9.84 Å². The van der Waals surface area contributed by atoms with Gasteiger partial charge in [-0.1, -0.05) is 26.0 Å². The summed E-state index contributed by atoms with van der Waals surface area (Å²) in [5.41, 5.74) is 3.35. The zero-order chi connectivity index (χ0) is 15.6. The van der Waals surface area contributed by atoms with Crippen molar-refractivity contribution in [2.45, 2.75) is 33.6 Å². The first kappa shape index (κ1) is 15.1. The third-order valence-electron chi connectivity index (χ3n) is 3.52. The topological polar surface area (TPSA) is 46.5 Å². The Bertz CT molecular complexity index is 672. The number of hydrogen-bond donors (Lipinski definition) is 1. The second-order valence-corrected chi connectivity index (χ2v) is 5.57. The summed E-state index contributed by atoms with van der Waals surface area (Å²) in [5, 5.41) is 8.99. The van der Waals surface area contributed by atoms with E-state index in [1.807, 2.05) is 26.0 Å². The Morgan fingerprint density at radius 2 is 1.71 bits per heavy atom. The van der Waals surface area contributed by atoms with E-state index in [0.29, 0.717) is 11.7 Å². The third kappa shape index (κ3) is 3.43. The van der Waals surface area contributed by atoms with E-state index in [1.165, 1.54) is 5.56 Å². The number of aromatic carboxylic acids is 1. The van der Waals surface area contributed by atoms with Crippen LogP contribution >= 0.6 is 0 Å². The summed E-state index contributed by atoms with van der Waals surface area (Å²) >= 11 is 0. The lowest BCUT2D eigenvalue weighted by Crippen LogP contribution is -1.98. The molecule has 0 spiro atoms. The summed E-state index contributed by atoms with van der Waals surface area (Å²) in [5.74, 6) is 1.00. The summed E-state index contributed by atoms with van der Waals surface area (Å²) in [6.45, 7) is 8.13. The first-order valence-corrected chi connectivity index (χ1v) is 7.01.